The lowest BCUT2D eigenvalue weighted by Crippen LogP contribution is -2.27. The summed E-state index contributed by atoms with van der Waals surface area (Å²) < 4.78 is 12.0. The first-order valence-corrected chi connectivity index (χ1v) is 10.8. The van der Waals surface area contributed by atoms with Crippen LogP contribution in [0.2, 0.25) is 0 Å². The van der Waals surface area contributed by atoms with Crippen LogP contribution in [0.1, 0.15) is 60.1 Å². The van der Waals surface area contributed by atoms with Gasteiger partial charge in [-0.2, -0.15) is 0 Å². The van der Waals surface area contributed by atoms with Gasteiger partial charge < -0.3 is 9.47 Å². The number of hydrogen-bond donors (Lipinski definition) is 0. The minimum Gasteiger partial charge on any atom is -0.475 e. The van der Waals surface area contributed by atoms with E-state index in [-0.39, 0.29) is 17.5 Å². The van der Waals surface area contributed by atoms with Gasteiger partial charge in [-0.05, 0) is 73.9 Å². The van der Waals surface area contributed by atoms with Gasteiger partial charge >= 0.3 is 0 Å². The molecule has 2 aliphatic carbocycles. The number of benzene rings is 2. The Kier molecular flexibility index (Phi) is 3.68. The third-order valence-electron chi connectivity index (χ3n) is 6.96. The molecule has 148 valence electrons. The van der Waals surface area contributed by atoms with E-state index < -0.39 is 0 Å². The highest BCUT2D eigenvalue weighted by Gasteiger charge is 2.48. The van der Waals surface area contributed by atoms with E-state index in [4.69, 9.17) is 19.5 Å². The van der Waals surface area contributed by atoms with Crippen molar-refractivity contribution in [1.29, 1.82) is 0 Å². The first-order valence-electron chi connectivity index (χ1n) is 10.8. The standard InChI is InChI=1S/C25H26N2O2/c1-15-13-28-23(26-15)19-7-3-5-17-9-11-25(21(17)19)12-10-18-6-4-8-20(22(18)25)24-27-16(2)14-29-24/h3-8,15-16H,9-14H2,1-2H3. The van der Waals surface area contributed by atoms with Crippen molar-refractivity contribution in [3.8, 4) is 0 Å². The molecule has 2 aliphatic heterocycles. The number of nitrogens with zero attached hydrogens (tertiary/aromatic N) is 2. The van der Waals surface area contributed by atoms with Gasteiger partial charge in [0.25, 0.3) is 0 Å². The second kappa shape index (κ2) is 6.19. The van der Waals surface area contributed by atoms with Gasteiger partial charge in [0, 0.05) is 16.5 Å². The normalized spacial score (nSPS) is 29.3. The molecule has 0 aromatic heterocycles. The SMILES string of the molecule is CC1COC(c2cccc3c2C2(CC3)CCc3cccc(C4=NC(C)CO4)c32)=N1. The molecule has 2 heterocycles. The van der Waals surface area contributed by atoms with Crippen LogP contribution < -0.4 is 0 Å². The van der Waals surface area contributed by atoms with E-state index in [1.165, 1.54) is 33.4 Å². The number of ether oxygens (including phenoxy) is 2. The quantitative estimate of drug-likeness (QED) is 0.777. The molecule has 2 aromatic carbocycles. The van der Waals surface area contributed by atoms with Gasteiger partial charge in [0.05, 0.1) is 12.1 Å². The van der Waals surface area contributed by atoms with Crippen molar-refractivity contribution in [3.63, 3.8) is 0 Å². The monoisotopic (exact) mass is 386 g/mol. The molecule has 2 aromatic rings. The van der Waals surface area contributed by atoms with Gasteiger partial charge in [0.15, 0.2) is 0 Å². The summed E-state index contributed by atoms with van der Waals surface area (Å²) in [6, 6.07) is 13.8. The van der Waals surface area contributed by atoms with E-state index in [0.29, 0.717) is 13.2 Å². The van der Waals surface area contributed by atoms with Gasteiger partial charge in [-0.25, -0.2) is 9.98 Å². The Balaban J connectivity index is 1.57. The minimum absolute atomic E-state index is 0.00721. The van der Waals surface area contributed by atoms with Gasteiger partial charge in [-0.3, -0.25) is 0 Å². The van der Waals surface area contributed by atoms with Crippen LogP contribution in [0, 0.1) is 0 Å². The molecule has 0 bridgehead atoms. The molecule has 0 fully saturated rings. The molecule has 6 rings (SSSR count). The maximum atomic E-state index is 6.01. The van der Waals surface area contributed by atoms with Gasteiger partial charge in [-0.15, -0.1) is 0 Å². The highest BCUT2D eigenvalue weighted by molar-refractivity contribution is 6.00. The van der Waals surface area contributed by atoms with Gasteiger partial charge in [-0.1, -0.05) is 24.3 Å². The Labute approximate surface area is 171 Å². The molecule has 0 radical (unpaired) electrons. The first kappa shape index (κ1) is 17.3. The topological polar surface area (TPSA) is 43.2 Å². The average molecular weight is 386 g/mol. The first-order chi connectivity index (χ1) is 14.2. The number of hydrogen-bond acceptors (Lipinski definition) is 4. The fraction of sp³-hybridized carbons (Fsp3) is 0.440. The van der Waals surface area contributed by atoms with E-state index in [1.807, 2.05) is 0 Å². The van der Waals surface area contributed by atoms with E-state index in [0.717, 1.165) is 37.5 Å². The van der Waals surface area contributed by atoms with Crippen molar-refractivity contribution in [1.82, 2.24) is 0 Å². The number of aliphatic imine (C=N–C) groups is 2. The van der Waals surface area contributed by atoms with Crippen molar-refractivity contribution in [2.24, 2.45) is 9.98 Å². The van der Waals surface area contributed by atoms with E-state index in [1.54, 1.807) is 0 Å². The molecule has 4 aliphatic rings. The van der Waals surface area contributed by atoms with E-state index in [2.05, 4.69) is 50.2 Å². The average Bonchev–Trinajstić information content (AvgIpc) is 3.50. The van der Waals surface area contributed by atoms with Crippen LogP contribution in [0.15, 0.2) is 46.4 Å². The van der Waals surface area contributed by atoms with Crippen LogP contribution in [-0.4, -0.2) is 37.1 Å². The lowest BCUT2D eigenvalue weighted by Gasteiger charge is -2.30. The summed E-state index contributed by atoms with van der Waals surface area (Å²) >= 11 is 0. The summed E-state index contributed by atoms with van der Waals surface area (Å²) in [6.07, 6.45) is 4.47. The minimum atomic E-state index is 0.00721. The van der Waals surface area contributed by atoms with Crippen LogP contribution in [0.3, 0.4) is 0 Å². The lowest BCUT2D eigenvalue weighted by molar-refractivity contribution is 0.323. The van der Waals surface area contributed by atoms with Crippen LogP contribution >= 0.6 is 0 Å². The van der Waals surface area contributed by atoms with Crippen LogP contribution in [0.4, 0.5) is 0 Å². The zero-order valence-corrected chi connectivity index (χ0v) is 17.1. The highest BCUT2D eigenvalue weighted by atomic mass is 16.5. The van der Waals surface area contributed by atoms with Crippen molar-refractivity contribution in [3.05, 3.63) is 69.8 Å². The maximum absolute atomic E-state index is 6.01. The third-order valence-corrected chi connectivity index (χ3v) is 6.96. The summed E-state index contributed by atoms with van der Waals surface area (Å²) in [7, 11) is 0. The molecule has 2 unspecified atom stereocenters. The predicted molar refractivity (Wildman–Crippen MR) is 114 cm³/mol. The zero-order chi connectivity index (χ0) is 19.6. The summed E-state index contributed by atoms with van der Waals surface area (Å²) in [5.74, 6) is 1.65. The molecule has 0 saturated carbocycles. The predicted octanol–water partition coefficient (Wildman–Crippen LogP) is 4.20. The summed E-state index contributed by atoms with van der Waals surface area (Å²) in [5.41, 5.74) is 8.14. The largest absolute Gasteiger partial charge is 0.475 e. The molecule has 29 heavy (non-hydrogen) atoms. The molecular weight excluding hydrogens is 360 g/mol. The third kappa shape index (κ3) is 2.44. The van der Waals surface area contributed by atoms with Gasteiger partial charge in [0.1, 0.15) is 13.2 Å². The fourth-order valence-corrected chi connectivity index (χ4v) is 5.79. The molecule has 0 amide bonds. The fourth-order valence-electron chi connectivity index (χ4n) is 5.79. The highest BCUT2D eigenvalue weighted by Crippen LogP contribution is 2.54. The Morgan fingerprint density at radius 1 is 0.759 bits per heavy atom. The van der Waals surface area contributed by atoms with E-state index in [9.17, 15) is 0 Å². The molecule has 4 nitrogen and oxygen atoms in total. The second-order valence-electron chi connectivity index (χ2n) is 8.95. The Morgan fingerprint density at radius 3 is 1.66 bits per heavy atom. The molecule has 2 atom stereocenters. The lowest BCUT2D eigenvalue weighted by atomic mass is 9.73. The van der Waals surface area contributed by atoms with Crippen molar-refractivity contribution in [2.45, 2.75) is 57.0 Å². The summed E-state index contributed by atoms with van der Waals surface area (Å²) in [5, 5.41) is 0. The Bertz CT molecular complexity index is 983. The molecule has 1 spiro atoms. The second-order valence-corrected chi connectivity index (χ2v) is 8.95. The van der Waals surface area contributed by atoms with Crippen LogP contribution in [0.25, 0.3) is 0 Å². The Hall–Kier alpha value is -2.62. The molecule has 0 N–H and O–H groups in total. The van der Waals surface area contributed by atoms with Crippen LogP contribution in [0.5, 0.6) is 0 Å². The maximum Gasteiger partial charge on any atom is 0.216 e. The van der Waals surface area contributed by atoms with E-state index >= 15 is 0 Å². The van der Waals surface area contributed by atoms with Crippen molar-refractivity contribution < 1.29 is 9.47 Å². The van der Waals surface area contributed by atoms with Gasteiger partial charge in [0.2, 0.25) is 11.8 Å². The molecular formula is C25H26N2O2. The Morgan fingerprint density at radius 2 is 1.24 bits per heavy atom. The molecule has 4 heteroatoms. The van der Waals surface area contributed by atoms with Crippen LogP contribution in [-0.2, 0) is 27.7 Å². The number of fused-ring (bicyclic) bond motifs is 4. The summed E-state index contributed by atoms with van der Waals surface area (Å²) in [4.78, 5) is 9.61. The smallest absolute Gasteiger partial charge is 0.216 e. The van der Waals surface area contributed by atoms with Crippen molar-refractivity contribution >= 4 is 11.8 Å². The molecule has 0 saturated heterocycles. The zero-order valence-electron chi connectivity index (χ0n) is 17.1. The van der Waals surface area contributed by atoms with Crippen molar-refractivity contribution in [2.75, 3.05) is 13.2 Å². The number of rotatable bonds is 2. The summed E-state index contributed by atoms with van der Waals surface area (Å²) in [6.45, 7) is 5.59. The number of aryl methyl sites for hydroxylation is 2.